The van der Waals surface area contributed by atoms with E-state index < -0.39 is 0 Å². The second kappa shape index (κ2) is 5.55. The highest BCUT2D eigenvalue weighted by Gasteiger charge is 2.05. The molecule has 2 rings (SSSR count). The van der Waals surface area contributed by atoms with Crippen LogP contribution in [0.25, 0.3) is 0 Å². The Morgan fingerprint density at radius 3 is 2.28 bits per heavy atom. The van der Waals surface area contributed by atoms with E-state index in [0.29, 0.717) is 19.0 Å². The van der Waals surface area contributed by atoms with Gasteiger partial charge in [-0.3, -0.25) is 0 Å². The highest BCUT2D eigenvalue weighted by Crippen LogP contribution is 2.10. The summed E-state index contributed by atoms with van der Waals surface area (Å²) in [4.78, 5) is 10.3. The minimum absolute atomic E-state index is 0.232. The number of nitrogens with two attached hydrogens (primary N) is 1. The lowest BCUT2D eigenvalue weighted by atomic mass is 10.2. The zero-order chi connectivity index (χ0) is 13.0. The normalized spacial score (nSPS) is 10.4. The van der Waals surface area contributed by atoms with E-state index in [2.05, 4.69) is 9.97 Å². The van der Waals surface area contributed by atoms with Gasteiger partial charge in [-0.2, -0.15) is 0 Å². The molecule has 0 aliphatic rings. The Hall–Kier alpha value is -2.01. The van der Waals surface area contributed by atoms with Crippen LogP contribution in [-0.4, -0.2) is 17.0 Å². The maximum absolute atomic E-state index is 12.8. The lowest BCUT2D eigenvalue weighted by Gasteiger charge is -2.16. The van der Waals surface area contributed by atoms with Crippen LogP contribution in [0.1, 0.15) is 11.1 Å². The van der Waals surface area contributed by atoms with Crippen molar-refractivity contribution >= 4 is 5.95 Å². The number of rotatable bonds is 4. The van der Waals surface area contributed by atoms with Gasteiger partial charge in [-0.05, 0) is 17.7 Å². The minimum Gasteiger partial charge on any atom is -0.340 e. The summed E-state index contributed by atoms with van der Waals surface area (Å²) in [6, 6.07) is 6.39. The van der Waals surface area contributed by atoms with Crippen LogP contribution in [0.2, 0.25) is 0 Å². The van der Waals surface area contributed by atoms with E-state index in [-0.39, 0.29) is 5.82 Å². The van der Waals surface area contributed by atoms with Crippen molar-refractivity contribution in [3.63, 3.8) is 0 Å². The summed E-state index contributed by atoms with van der Waals surface area (Å²) in [5.74, 6) is 0.390. The van der Waals surface area contributed by atoms with Crippen molar-refractivity contribution in [1.82, 2.24) is 9.97 Å². The van der Waals surface area contributed by atoms with Crippen molar-refractivity contribution < 1.29 is 4.39 Å². The summed E-state index contributed by atoms with van der Waals surface area (Å²) in [6.45, 7) is 1.06. The topological polar surface area (TPSA) is 55.0 Å². The van der Waals surface area contributed by atoms with Crippen LogP contribution in [0.3, 0.4) is 0 Å². The van der Waals surface area contributed by atoms with E-state index in [1.165, 1.54) is 12.1 Å². The quantitative estimate of drug-likeness (QED) is 0.892. The molecule has 0 amide bonds. The molecule has 1 aromatic heterocycles. The van der Waals surface area contributed by atoms with Gasteiger partial charge >= 0.3 is 0 Å². The van der Waals surface area contributed by atoms with E-state index in [0.717, 1.165) is 11.1 Å². The Morgan fingerprint density at radius 1 is 1.11 bits per heavy atom. The highest BCUT2D eigenvalue weighted by atomic mass is 19.1. The first-order valence-electron chi connectivity index (χ1n) is 5.65. The number of anilines is 1. The largest absolute Gasteiger partial charge is 0.340 e. The van der Waals surface area contributed by atoms with Gasteiger partial charge in [-0.15, -0.1) is 0 Å². The van der Waals surface area contributed by atoms with E-state index in [1.54, 1.807) is 24.5 Å². The van der Waals surface area contributed by atoms with Gasteiger partial charge in [0.25, 0.3) is 0 Å². The summed E-state index contributed by atoms with van der Waals surface area (Å²) >= 11 is 0. The number of nitrogens with zero attached hydrogens (tertiary/aromatic N) is 3. The van der Waals surface area contributed by atoms with E-state index in [9.17, 15) is 4.39 Å². The van der Waals surface area contributed by atoms with Crippen LogP contribution in [0.15, 0.2) is 36.7 Å². The number of hydrogen-bond donors (Lipinski definition) is 1. The number of hydrogen-bond acceptors (Lipinski definition) is 4. The predicted octanol–water partition coefficient (Wildman–Crippen LogP) is 1.71. The molecular weight excluding hydrogens is 231 g/mol. The summed E-state index contributed by atoms with van der Waals surface area (Å²) in [6.07, 6.45) is 3.42. The average Bonchev–Trinajstić information content (AvgIpc) is 2.41. The first-order valence-corrected chi connectivity index (χ1v) is 5.65. The first-order chi connectivity index (χ1) is 8.69. The predicted molar refractivity (Wildman–Crippen MR) is 68.4 cm³/mol. The molecule has 0 saturated heterocycles. The minimum atomic E-state index is -0.232. The fourth-order valence-corrected chi connectivity index (χ4v) is 1.58. The molecule has 1 heterocycles. The van der Waals surface area contributed by atoms with Crippen LogP contribution in [0.4, 0.5) is 10.3 Å². The zero-order valence-electron chi connectivity index (χ0n) is 10.2. The Morgan fingerprint density at radius 2 is 1.72 bits per heavy atom. The molecule has 94 valence electrons. The third kappa shape index (κ3) is 3.01. The van der Waals surface area contributed by atoms with Crippen LogP contribution in [0, 0.1) is 5.82 Å². The molecular formula is C13H15FN4. The van der Waals surface area contributed by atoms with Gasteiger partial charge in [0.05, 0.1) is 0 Å². The van der Waals surface area contributed by atoms with Gasteiger partial charge in [0.15, 0.2) is 0 Å². The van der Waals surface area contributed by atoms with E-state index >= 15 is 0 Å². The molecule has 0 aliphatic carbocycles. The van der Waals surface area contributed by atoms with Crippen molar-refractivity contribution in [2.24, 2.45) is 5.73 Å². The van der Waals surface area contributed by atoms with Crippen LogP contribution in [0.5, 0.6) is 0 Å². The van der Waals surface area contributed by atoms with Crippen molar-refractivity contribution in [3.8, 4) is 0 Å². The molecule has 4 nitrogen and oxygen atoms in total. The van der Waals surface area contributed by atoms with Gasteiger partial charge < -0.3 is 10.6 Å². The van der Waals surface area contributed by atoms with Gasteiger partial charge in [-0.1, -0.05) is 12.1 Å². The second-order valence-electron chi connectivity index (χ2n) is 4.08. The smallest absolute Gasteiger partial charge is 0.225 e. The summed E-state index contributed by atoms with van der Waals surface area (Å²) < 4.78 is 12.8. The fourth-order valence-electron chi connectivity index (χ4n) is 1.58. The summed E-state index contributed by atoms with van der Waals surface area (Å²) in [7, 11) is 1.89. The van der Waals surface area contributed by atoms with E-state index in [1.807, 2.05) is 11.9 Å². The van der Waals surface area contributed by atoms with Crippen molar-refractivity contribution in [2.75, 3.05) is 11.9 Å². The summed E-state index contributed by atoms with van der Waals surface area (Å²) in [5, 5.41) is 0. The molecule has 0 saturated carbocycles. The average molecular weight is 246 g/mol. The number of benzene rings is 1. The first kappa shape index (κ1) is 12.4. The Kier molecular flexibility index (Phi) is 3.84. The van der Waals surface area contributed by atoms with Gasteiger partial charge in [0.1, 0.15) is 5.82 Å². The van der Waals surface area contributed by atoms with Crippen LogP contribution in [-0.2, 0) is 13.1 Å². The third-order valence-electron chi connectivity index (χ3n) is 2.60. The molecule has 0 fully saturated rings. The molecule has 1 aromatic carbocycles. The Bertz CT molecular complexity index is 495. The van der Waals surface area contributed by atoms with Crippen LogP contribution < -0.4 is 10.6 Å². The van der Waals surface area contributed by atoms with E-state index in [4.69, 9.17) is 5.73 Å². The lowest BCUT2D eigenvalue weighted by molar-refractivity contribution is 0.627. The molecule has 18 heavy (non-hydrogen) atoms. The van der Waals surface area contributed by atoms with Gasteiger partial charge in [-0.25, -0.2) is 14.4 Å². The molecule has 0 radical (unpaired) electrons. The maximum Gasteiger partial charge on any atom is 0.225 e. The molecule has 2 aromatic rings. The van der Waals surface area contributed by atoms with Crippen molar-refractivity contribution in [1.29, 1.82) is 0 Å². The lowest BCUT2D eigenvalue weighted by Crippen LogP contribution is -2.19. The standard InChI is InChI=1S/C13H15FN4/c1-18(9-10-2-4-12(14)5-3-10)13-16-7-11(6-15)8-17-13/h2-5,7-8H,6,9,15H2,1H3. The van der Waals surface area contributed by atoms with Gasteiger partial charge in [0, 0.05) is 38.1 Å². The fraction of sp³-hybridized carbons (Fsp3) is 0.231. The zero-order valence-corrected chi connectivity index (χ0v) is 10.2. The van der Waals surface area contributed by atoms with Crippen molar-refractivity contribution in [2.45, 2.75) is 13.1 Å². The number of halogens is 1. The molecule has 0 unspecified atom stereocenters. The summed E-state index contributed by atoms with van der Waals surface area (Å²) in [5.41, 5.74) is 7.39. The monoisotopic (exact) mass is 246 g/mol. The molecule has 5 heteroatoms. The number of aromatic nitrogens is 2. The molecule has 2 N–H and O–H groups in total. The van der Waals surface area contributed by atoms with Crippen LogP contribution >= 0.6 is 0 Å². The molecule has 0 bridgehead atoms. The Balaban J connectivity index is 2.06. The highest BCUT2D eigenvalue weighted by molar-refractivity contribution is 5.31. The molecule has 0 atom stereocenters. The Labute approximate surface area is 105 Å². The second-order valence-corrected chi connectivity index (χ2v) is 4.08. The van der Waals surface area contributed by atoms with Crippen molar-refractivity contribution in [3.05, 3.63) is 53.6 Å². The molecule has 0 aliphatic heterocycles. The maximum atomic E-state index is 12.8. The SMILES string of the molecule is CN(Cc1ccc(F)cc1)c1ncc(CN)cn1. The van der Waals surface area contributed by atoms with Gasteiger partial charge in [0.2, 0.25) is 5.95 Å². The third-order valence-corrected chi connectivity index (χ3v) is 2.60. The molecule has 0 spiro atoms.